The summed E-state index contributed by atoms with van der Waals surface area (Å²) in [7, 11) is 0. The Morgan fingerprint density at radius 3 is 2.76 bits per heavy atom. The Morgan fingerprint density at radius 2 is 2.12 bits per heavy atom. The molecule has 0 aromatic carbocycles. The summed E-state index contributed by atoms with van der Waals surface area (Å²) in [6, 6.07) is 0.119. The van der Waals surface area contributed by atoms with Gasteiger partial charge in [0, 0.05) is 37.0 Å². The SMILES string of the molecule is CC(C)=CCN1C(=O)[C@@H]2CC[C@H]1CN(C(=O)c1csc(C(C)C)n1)C2. The summed E-state index contributed by atoms with van der Waals surface area (Å²) >= 11 is 1.54. The lowest BCUT2D eigenvalue weighted by atomic mass is 9.94. The number of hydrogen-bond donors (Lipinski definition) is 0. The van der Waals surface area contributed by atoms with Gasteiger partial charge in [-0.3, -0.25) is 9.59 Å². The van der Waals surface area contributed by atoms with E-state index in [-0.39, 0.29) is 23.8 Å². The van der Waals surface area contributed by atoms with Gasteiger partial charge >= 0.3 is 0 Å². The van der Waals surface area contributed by atoms with Crippen LogP contribution in [0.5, 0.6) is 0 Å². The lowest BCUT2D eigenvalue weighted by molar-refractivity contribution is -0.139. The maximum absolute atomic E-state index is 12.9. The molecule has 1 aromatic heterocycles. The minimum absolute atomic E-state index is 0.0306. The van der Waals surface area contributed by atoms with Crippen molar-refractivity contribution in [3.05, 3.63) is 27.7 Å². The Morgan fingerprint density at radius 1 is 1.36 bits per heavy atom. The number of carbonyl (C=O) groups excluding carboxylic acids is 2. The zero-order valence-corrected chi connectivity index (χ0v) is 16.3. The van der Waals surface area contributed by atoms with Crippen molar-refractivity contribution in [3.63, 3.8) is 0 Å². The van der Waals surface area contributed by atoms with Crippen LogP contribution in [-0.4, -0.2) is 52.3 Å². The highest BCUT2D eigenvalue weighted by Crippen LogP contribution is 2.30. The van der Waals surface area contributed by atoms with Crippen molar-refractivity contribution in [1.29, 1.82) is 0 Å². The number of hydrogen-bond acceptors (Lipinski definition) is 4. The van der Waals surface area contributed by atoms with E-state index in [1.54, 1.807) is 11.3 Å². The van der Waals surface area contributed by atoms with Crippen molar-refractivity contribution in [1.82, 2.24) is 14.8 Å². The maximum Gasteiger partial charge on any atom is 0.273 e. The van der Waals surface area contributed by atoms with E-state index < -0.39 is 0 Å². The smallest absolute Gasteiger partial charge is 0.273 e. The highest BCUT2D eigenvalue weighted by Gasteiger charge is 2.41. The molecule has 0 saturated carbocycles. The molecule has 2 amide bonds. The summed E-state index contributed by atoms with van der Waals surface area (Å²) in [6.45, 7) is 10.0. The van der Waals surface area contributed by atoms with Crippen LogP contribution >= 0.6 is 11.3 Å². The average molecular weight is 362 g/mol. The molecule has 4 rings (SSSR count). The molecular formula is C19H27N3O2S. The molecule has 4 heterocycles. The largest absolute Gasteiger partial charge is 0.334 e. The second-order valence-corrected chi connectivity index (χ2v) is 8.53. The molecule has 6 heteroatoms. The van der Waals surface area contributed by atoms with Crippen LogP contribution < -0.4 is 0 Å². The van der Waals surface area contributed by atoms with Gasteiger partial charge < -0.3 is 9.80 Å². The molecule has 0 radical (unpaired) electrons. The van der Waals surface area contributed by atoms with E-state index in [4.69, 9.17) is 0 Å². The predicted octanol–water partition coefficient (Wildman–Crippen LogP) is 3.30. The third-order valence-electron chi connectivity index (χ3n) is 5.01. The molecule has 0 spiro atoms. The number of rotatable bonds is 4. The van der Waals surface area contributed by atoms with Crippen LogP contribution in [0.1, 0.15) is 62.0 Å². The van der Waals surface area contributed by atoms with Crippen LogP contribution in [0.4, 0.5) is 0 Å². The fourth-order valence-electron chi connectivity index (χ4n) is 3.54. The molecule has 2 atom stereocenters. The van der Waals surface area contributed by atoms with E-state index in [1.165, 1.54) is 5.57 Å². The molecule has 0 aliphatic carbocycles. The summed E-state index contributed by atoms with van der Waals surface area (Å²) in [4.78, 5) is 34.0. The van der Waals surface area contributed by atoms with Crippen LogP contribution in [0.25, 0.3) is 0 Å². The van der Waals surface area contributed by atoms with Gasteiger partial charge in [-0.1, -0.05) is 25.5 Å². The first-order chi connectivity index (χ1) is 11.9. The lowest BCUT2D eigenvalue weighted by Gasteiger charge is -2.35. The molecule has 25 heavy (non-hydrogen) atoms. The Balaban J connectivity index is 1.77. The molecule has 136 valence electrons. The van der Waals surface area contributed by atoms with Gasteiger partial charge in [-0.05, 0) is 26.7 Å². The van der Waals surface area contributed by atoms with Gasteiger partial charge in [0.1, 0.15) is 5.69 Å². The summed E-state index contributed by atoms with van der Waals surface area (Å²) in [5, 5.41) is 2.84. The van der Waals surface area contributed by atoms with E-state index in [0.29, 0.717) is 31.2 Å². The molecule has 5 nitrogen and oxygen atoms in total. The number of amides is 2. The van der Waals surface area contributed by atoms with E-state index in [0.717, 1.165) is 17.8 Å². The number of aromatic nitrogens is 1. The Labute approximate surface area is 153 Å². The quantitative estimate of drug-likeness (QED) is 0.773. The van der Waals surface area contributed by atoms with Crippen LogP contribution in [0.3, 0.4) is 0 Å². The molecule has 1 aromatic rings. The number of nitrogens with zero attached hydrogens (tertiary/aromatic N) is 3. The third-order valence-corrected chi connectivity index (χ3v) is 6.16. The van der Waals surface area contributed by atoms with Crippen molar-refractivity contribution in [2.24, 2.45) is 5.92 Å². The Kier molecular flexibility index (Phi) is 5.27. The number of carbonyl (C=O) groups is 2. The molecule has 2 bridgehead atoms. The van der Waals surface area contributed by atoms with Gasteiger partial charge in [-0.2, -0.15) is 0 Å². The molecular weight excluding hydrogens is 334 g/mol. The van der Waals surface area contributed by atoms with Crippen LogP contribution in [0.2, 0.25) is 0 Å². The van der Waals surface area contributed by atoms with Gasteiger partial charge in [0.25, 0.3) is 5.91 Å². The predicted molar refractivity (Wildman–Crippen MR) is 99.8 cm³/mol. The van der Waals surface area contributed by atoms with Gasteiger partial charge in [0.05, 0.1) is 10.9 Å². The molecule has 3 fully saturated rings. The van der Waals surface area contributed by atoms with Gasteiger partial charge in [0.2, 0.25) is 5.91 Å². The van der Waals surface area contributed by atoms with Crippen molar-refractivity contribution in [2.45, 2.75) is 52.5 Å². The van der Waals surface area contributed by atoms with Gasteiger partial charge in [0.15, 0.2) is 0 Å². The number of allylic oxidation sites excluding steroid dienone is 1. The highest BCUT2D eigenvalue weighted by atomic mass is 32.1. The average Bonchev–Trinajstić information content (AvgIpc) is 2.90. The Bertz CT molecular complexity index is 691. The van der Waals surface area contributed by atoms with Crippen molar-refractivity contribution < 1.29 is 9.59 Å². The van der Waals surface area contributed by atoms with E-state index >= 15 is 0 Å². The normalized spacial score (nSPS) is 23.2. The summed E-state index contributed by atoms with van der Waals surface area (Å²) < 4.78 is 0. The minimum Gasteiger partial charge on any atom is -0.334 e. The maximum atomic E-state index is 12.9. The molecule has 0 unspecified atom stereocenters. The second kappa shape index (κ2) is 7.28. The molecule has 3 aliphatic heterocycles. The monoisotopic (exact) mass is 361 g/mol. The zero-order chi connectivity index (χ0) is 18.1. The lowest BCUT2D eigenvalue weighted by Crippen LogP contribution is -2.48. The minimum atomic E-state index is -0.0727. The van der Waals surface area contributed by atoms with Gasteiger partial charge in [-0.15, -0.1) is 11.3 Å². The van der Waals surface area contributed by atoms with Crippen LogP contribution in [-0.2, 0) is 4.79 Å². The number of piperidine rings is 1. The highest BCUT2D eigenvalue weighted by molar-refractivity contribution is 7.09. The molecule has 3 aliphatic rings. The summed E-state index contributed by atoms with van der Waals surface area (Å²) in [5.41, 5.74) is 1.74. The fourth-order valence-corrected chi connectivity index (χ4v) is 4.35. The summed E-state index contributed by atoms with van der Waals surface area (Å²) in [5.74, 6) is 0.423. The first kappa shape index (κ1) is 18.1. The van der Waals surface area contributed by atoms with Crippen molar-refractivity contribution in [3.8, 4) is 0 Å². The first-order valence-corrected chi connectivity index (χ1v) is 9.93. The molecule has 3 saturated heterocycles. The second-order valence-electron chi connectivity index (χ2n) is 7.64. The third kappa shape index (κ3) is 3.78. The van der Waals surface area contributed by atoms with Crippen LogP contribution in [0.15, 0.2) is 17.0 Å². The molecule has 0 N–H and O–H groups in total. The van der Waals surface area contributed by atoms with E-state index in [9.17, 15) is 9.59 Å². The Hall–Kier alpha value is -1.69. The first-order valence-electron chi connectivity index (χ1n) is 9.05. The standard InChI is InChI=1S/C19H27N3O2S/c1-12(2)7-8-22-15-6-5-14(18(22)23)9-21(10-15)19(24)16-11-25-17(20-16)13(3)4/h7,11,13-15H,5-6,8-10H2,1-4H3/t14-,15+/m1/s1. The zero-order valence-electron chi connectivity index (χ0n) is 15.5. The van der Waals surface area contributed by atoms with Gasteiger partial charge in [-0.25, -0.2) is 4.98 Å². The topological polar surface area (TPSA) is 53.5 Å². The van der Waals surface area contributed by atoms with E-state index in [1.807, 2.05) is 29.0 Å². The van der Waals surface area contributed by atoms with Crippen LogP contribution in [0, 0.1) is 5.92 Å². The summed E-state index contributed by atoms with van der Waals surface area (Å²) in [6.07, 6.45) is 3.96. The fraction of sp³-hybridized carbons (Fsp3) is 0.632. The number of fused-ring (bicyclic) bond motifs is 4. The van der Waals surface area contributed by atoms with Crippen molar-refractivity contribution in [2.75, 3.05) is 19.6 Å². The number of thiazole rings is 1. The van der Waals surface area contributed by atoms with Crippen molar-refractivity contribution >= 4 is 23.2 Å². The van der Waals surface area contributed by atoms with E-state index in [2.05, 4.69) is 24.9 Å².